The third-order valence-electron chi connectivity index (χ3n) is 3.20. The third-order valence-corrected chi connectivity index (χ3v) is 3.20. The molecule has 0 aliphatic heterocycles. The zero-order chi connectivity index (χ0) is 13.0. The normalized spacial score (nSPS) is 12.4. The van der Waals surface area contributed by atoms with Crippen LogP contribution in [0.2, 0.25) is 0 Å². The van der Waals surface area contributed by atoms with Crippen molar-refractivity contribution in [3.63, 3.8) is 0 Å². The lowest BCUT2D eigenvalue weighted by atomic mass is 9.95. The van der Waals surface area contributed by atoms with E-state index in [-0.39, 0.29) is 0 Å². The van der Waals surface area contributed by atoms with Gasteiger partial charge in [-0.3, -0.25) is 0 Å². The summed E-state index contributed by atoms with van der Waals surface area (Å²) in [6.45, 7) is 6.62. The number of para-hydroxylation sites is 1. The molecule has 0 spiro atoms. The van der Waals surface area contributed by atoms with Crippen LogP contribution in [-0.2, 0) is 0 Å². The van der Waals surface area contributed by atoms with Crippen LogP contribution in [0.4, 0.5) is 5.69 Å². The van der Waals surface area contributed by atoms with Gasteiger partial charge in [0.05, 0.1) is 6.04 Å². The van der Waals surface area contributed by atoms with Gasteiger partial charge in [-0.2, -0.15) is 0 Å². The van der Waals surface area contributed by atoms with Crippen molar-refractivity contribution in [3.05, 3.63) is 65.7 Å². The predicted molar refractivity (Wildman–Crippen MR) is 78.8 cm³/mol. The number of nitrogens with one attached hydrogen (secondary N) is 1. The Morgan fingerprint density at radius 1 is 0.833 bits per heavy atom. The summed E-state index contributed by atoms with van der Waals surface area (Å²) in [5, 5.41) is 3.61. The summed E-state index contributed by atoms with van der Waals surface area (Å²) in [5.74, 6) is 0.549. The van der Waals surface area contributed by atoms with E-state index in [1.807, 2.05) is 6.07 Å². The molecular weight excluding hydrogens is 218 g/mol. The lowest BCUT2D eigenvalue weighted by Crippen LogP contribution is -2.16. The summed E-state index contributed by atoms with van der Waals surface area (Å²) >= 11 is 0. The van der Waals surface area contributed by atoms with Gasteiger partial charge in [0, 0.05) is 5.69 Å². The maximum absolute atomic E-state index is 3.61. The van der Waals surface area contributed by atoms with Crippen molar-refractivity contribution in [1.82, 2.24) is 0 Å². The van der Waals surface area contributed by atoms with Crippen molar-refractivity contribution in [2.75, 3.05) is 5.32 Å². The number of aryl methyl sites for hydroxylation is 1. The second-order valence-electron chi connectivity index (χ2n) is 5.14. The molecule has 0 aromatic heterocycles. The molecule has 0 saturated heterocycles. The van der Waals surface area contributed by atoms with Gasteiger partial charge in [-0.25, -0.2) is 0 Å². The maximum Gasteiger partial charge on any atom is 0.0536 e. The Labute approximate surface area is 110 Å². The molecule has 0 bridgehead atoms. The summed E-state index contributed by atoms with van der Waals surface area (Å²) in [7, 11) is 0. The second-order valence-corrected chi connectivity index (χ2v) is 5.14. The molecule has 0 aliphatic rings. The van der Waals surface area contributed by atoms with Crippen LogP contribution in [-0.4, -0.2) is 0 Å². The van der Waals surface area contributed by atoms with E-state index >= 15 is 0 Å². The quantitative estimate of drug-likeness (QED) is 0.807. The Balaban J connectivity index is 2.21. The minimum Gasteiger partial charge on any atom is -0.378 e. The average Bonchev–Trinajstić information content (AvgIpc) is 2.38. The summed E-state index contributed by atoms with van der Waals surface area (Å²) in [5.41, 5.74) is 3.83. The van der Waals surface area contributed by atoms with E-state index in [9.17, 15) is 0 Å². The number of benzene rings is 2. The summed E-state index contributed by atoms with van der Waals surface area (Å²) in [4.78, 5) is 0. The van der Waals surface area contributed by atoms with Gasteiger partial charge in [-0.05, 0) is 30.5 Å². The second kappa shape index (κ2) is 5.72. The highest BCUT2D eigenvalue weighted by Crippen LogP contribution is 2.26. The fourth-order valence-corrected chi connectivity index (χ4v) is 2.12. The molecule has 1 nitrogen and oxygen atoms in total. The van der Waals surface area contributed by atoms with Crippen LogP contribution in [0.1, 0.15) is 31.0 Å². The van der Waals surface area contributed by atoms with Gasteiger partial charge >= 0.3 is 0 Å². The Hall–Kier alpha value is -1.76. The molecule has 2 aromatic carbocycles. The van der Waals surface area contributed by atoms with E-state index in [1.54, 1.807) is 0 Å². The lowest BCUT2D eigenvalue weighted by Gasteiger charge is -2.24. The van der Waals surface area contributed by atoms with Crippen molar-refractivity contribution in [2.24, 2.45) is 5.92 Å². The highest BCUT2D eigenvalue weighted by atomic mass is 14.9. The molecule has 2 rings (SSSR count). The molecule has 0 heterocycles. The molecule has 0 aliphatic carbocycles. The van der Waals surface area contributed by atoms with E-state index in [1.165, 1.54) is 16.8 Å². The number of rotatable bonds is 4. The Morgan fingerprint density at radius 3 is 2.00 bits per heavy atom. The lowest BCUT2D eigenvalue weighted by molar-refractivity contribution is 0.546. The van der Waals surface area contributed by atoms with Crippen molar-refractivity contribution < 1.29 is 0 Å². The zero-order valence-electron chi connectivity index (χ0n) is 11.4. The first-order valence-corrected chi connectivity index (χ1v) is 6.55. The van der Waals surface area contributed by atoms with Gasteiger partial charge in [0.1, 0.15) is 0 Å². The fraction of sp³-hybridized carbons (Fsp3) is 0.294. The third kappa shape index (κ3) is 3.13. The molecule has 1 N–H and O–H groups in total. The maximum atomic E-state index is 3.61. The van der Waals surface area contributed by atoms with Gasteiger partial charge in [-0.15, -0.1) is 0 Å². The van der Waals surface area contributed by atoms with Crippen molar-refractivity contribution >= 4 is 5.69 Å². The zero-order valence-corrected chi connectivity index (χ0v) is 11.4. The summed E-state index contributed by atoms with van der Waals surface area (Å²) in [6, 6.07) is 19.5. The minimum absolute atomic E-state index is 0.355. The van der Waals surface area contributed by atoms with E-state index in [4.69, 9.17) is 0 Å². The molecule has 2 aromatic rings. The molecular formula is C17H21N. The Morgan fingerprint density at radius 2 is 1.44 bits per heavy atom. The Bertz CT molecular complexity index is 471. The van der Waals surface area contributed by atoms with Gasteiger partial charge in [-0.1, -0.05) is 61.9 Å². The van der Waals surface area contributed by atoms with Crippen LogP contribution in [0, 0.1) is 12.8 Å². The first kappa shape index (κ1) is 12.7. The molecule has 1 atom stereocenters. The van der Waals surface area contributed by atoms with Gasteiger partial charge in [0.2, 0.25) is 0 Å². The molecule has 0 fully saturated rings. The van der Waals surface area contributed by atoms with Gasteiger partial charge in [0.25, 0.3) is 0 Å². The smallest absolute Gasteiger partial charge is 0.0536 e. The standard InChI is InChI=1S/C17H21N/c1-13(2)17(15-11-9-14(3)10-12-15)18-16-7-5-4-6-8-16/h4-13,17-18H,1-3H3. The fourth-order valence-electron chi connectivity index (χ4n) is 2.12. The first-order chi connectivity index (χ1) is 8.66. The molecule has 0 amide bonds. The van der Waals surface area contributed by atoms with Crippen molar-refractivity contribution in [1.29, 1.82) is 0 Å². The van der Waals surface area contributed by atoms with E-state index < -0.39 is 0 Å². The molecule has 0 radical (unpaired) electrons. The van der Waals surface area contributed by atoms with E-state index in [0.29, 0.717) is 12.0 Å². The predicted octanol–water partition coefficient (Wildman–Crippen LogP) is 4.80. The van der Waals surface area contributed by atoms with Crippen molar-refractivity contribution in [3.8, 4) is 0 Å². The van der Waals surface area contributed by atoms with Crippen LogP contribution < -0.4 is 5.32 Å². The highest BCUT2D eigenvalue weighted by molar-refractivity contribution is 5.45. The van der Waals surface area contributed by atoms with Crippen LogP contribution in [0.15, 0.2) is 54.6 Å². The van der Waals surface area contributed by atoms with Crippen molar-refractivity contribution in [2.45, 2.75) is 26.8 Å². The molecule has 1 heteroatoms. The molecule has 18 heavy (non-hydrogen) atoms. The van der Waals surface area contributed by atoms with Gasteiger partial charge < -0.3 is 5.32 Å². The first-order valence-electron chi connectivity index (χ1n) is 6.55. The van der Waals surface area contributed by atoms with Crippen LogP contribution in [0.25, 0.3) is 0 Å². The number of hydrogen-bond acceptors (Lipinski definition) is 1. The number of anilines is 1. The highest BCUT2D eigenvalue weighted by Gasteiger charge is 2.15. The molecule has 1 unspecified atom stereocenters. The monoisotopic (exact) mass is 239 g/mol. The summed E-state index contributed by atoms with van der Waals surface area (Å²) < 4.78 is 0. The van der Waals surface area contributed by atoms with E-state index in [0.717, 1.165) is 0 Å². The SMILES string of the molecule is Cc1ccc(C(Nc2ccccc2)C(C)C)cc1. The minimum atomic E-state index is 0.355. The average molecular weight is 239 g/mol. The van der Waals surface area contributed by atoms with E-state index in [2.05, 4.69) is 74.6 Å². The molecule has 0 saturated carbocycles. The largest absolute Gasteiger partial charge is 0.378 e. The van der Waals surface area contributed by atoms with Gasteiger partial charge in [0.15, 0.2) is 0 Å². The topological polar surface area (TPSA) is 12.0 Å². The van der Waals surface area contributed by atoms with Crippen LogP contribution in [0.3, 0.4) is 0 Å². The number of hydrogen-bond donors (Lipinski definition) is 1. The van der Waals surface area contributed by atoms with Crippen LogP contribution >= 0.6 is 0 Å². The van der Waals surface area contributed by atoms with Crippen LogP contribution in [0.5, 0.6) is 0 Å². The molecule has 94 valence electrons. The summed E-state index contributed by atoms with van der Waals surface area (Å²) in [6.07, 6.45) is 0. The Kier molecular flexibility index (Phi) is 4.03.